The Kier molecular flexibility index (Phi) is 4.07. The molecule has 1 amide bonds. The zero-order valence-corrected chi connectivity index (χ0v) is 11.9. The highest BCUT2D eigenvalue weighted by Gasteiger charge is 2.22. The van der Waals surface area contributed by atoms with Crippen LogP contribution in [0.25, 0.3) is 0 Å². The number of hydrogen-bond acceptors (Lipinski definition) is 2. The van der Waals surface area contributed by atoms with E-state index in [-0.39, 0.29) is 11.8 Å². The maximum absolute atomic E-state index is 11.9. The van der Waals surface area contributed by atoms with Crippen molar-refractivity contribution in [2.45, 2.75) is 13.3 Å². The van der Waals surface area contributed by atoms with Gasteiger partial charge in [0.15, 0.2) is 0 Å². The predicted molar refractivity (Wildman–Crippen MR) is 73.5 cm³/mol. The third-order valence-corrected chi connectivity index (χ3v) is 4.00. The van der Waals surface area contributed by atoms with Gasteiger partial charge in [-0.1, -0.05) is 11.6 Å². The molecule has 1 atom stereocenters. The summed E-state index contributed by atoms with van der Waals surface area (Å²) in [6, 6.07) is 3.69. The lowest BCUT2D eigenvalue weighted by atomic mass is 10.1. The van der Waals surface area contributed by atoms with Gasteiger partial charge in [-0.3, -0.25) is 4.79 Å². The second-order valence-corrected chi connectivity index (χ2v) is 5.52. The normalized spacial score (nSPS) is 19.4. The van der Waals surface area contributed by atoms with Crippen molar-refractivity contribution in [2.75, 3.05) is 18.4 Å². The van der Waals surface area contributed by atoms with E-state index in [1.807, 2.05) is 13.0 Å². The van der Waals surface area contributed by atoms with Crippen molar-refractivity contribution in [2.24, 2.45) is 5.92 Å². The fourth-order valence-electron chi connectivity index (χ4n) is 1.86. The fraction of sp³-hybridized carbons (Fsp3) is 0.417. The minimum atomic E-state index is 0.0515. The summed E-state index contributed by atoms with van der Waals surface area (Å²) in [6.45, 7) is 3.59. The van der Waals surface area contributed by atoms with E-state index in [1.54, 1.807) is 6.07 Å². The van der Waals surface area contributed by atoms with E-state index in [1.165, 1.54) is 0 Å². The molecule has 2 rings (SSSR count). The van der Waals surface area contributed by atoms with Crippen LogP contribution in [-0.2, 0) is 4.79 Å². The molecule has 1 aliphatic heterocycles. The van der Waals surface area contributed by atoms with Crippen LogP contribution < -0.4 is 10.6 Å². The monoisotopic (exact) mass is 316 g/mol. The second kappa shape index (κ2) is 5.38. The summed E-state index contributed by atoms with van der Waals surface area (Å²) < 4.78 is 0.860. The molecule has 1 heterocycles. The Balaban J connectivity index is 2.12. The van der Waals surface area contributed by atoms with Crippen LogP contribution in [0.2, 0.25) is 5.02 Å². The molecule has 5 heteroatoms. The number of aryl methyl sites for hydroxylation is 1. The van der Waals surface area contributed by atoms with Crippen LogP contribution in [0.3, 0.4) is 0 Å². The second-order valence-electron chi connectivity index (χ2n) is 4.26. The van der Waals surface area contributed by atoms with Gasteiger partial charge in [0.1, 0.15) is 0 Å². The van der Waals surface area contributed by atoms with Gasteiger partial charge in [-0.25, -0.2) is 0 Å². The molecule has 0 aliphatic carbocycles. The SMILES string of the molecule is Cc1cc(Br)c(NC(=O)C2CCNC2)cc1Cl. The molecule has 2 N–H and O–H groups in total. The van der Waals surface area contributed by atoms with Gasteiger partial charge in [0.2, 0.25) is 5.91 Å². The van der Waals surface area contributed by atoms with E-state index in [2.05, 4.69) is 26.6 Å². The summed E-state index contributed by atoms with van der Waals surface area (Å²) in [5.41, 5.74) is 1.72. The molecule has 0 spiro atoms. The molecule has 1 saturated heterocycles. The van der Waals surface area contributed by atoms with Gasteiger partial charge >= 0.3 is 0 Å². The van der Waals surface area contributed by atoms with Crippen LogP contribution in [0.15, 0.2) is 16.6 Å². The molecule has 1 aromatic carbocycles. The first-order valence-corrected chi connectivity index (χ1v) is 6.72. The van der Waals surface area contributed by atoms with Crippen molar-refractivity contribution < 1.29 is 4.79 Å². The van der Waals surface area contributed by atoms with Crippen LogP contribution in [0, 0.1) is 12.8 Å². The third-order valence-electron chi connectivity index (χ3n) is 2.94. The highest BCUT2D eigenvalue weighted by atomic mass is 79.9. The van der Waals surface area contributed by atoms with Crippen molar-refractivity contribution in [3.63, 3.8) is 0 Å². The zero-order valence-electron chi connectivity index (χ0n) is 9.52. The van der Waals surface area contributed by atoms with Crippen LogP contribution in [0.4, 0.5) is 5.69 Å². The average Bonchev–Trinajstić information content (AvgIpc) is 2.79. The van der Waals surface area contributed by atoms with Gasteiger partial charge in [0.25, 0.3) is 0 Å². The lowest BCUT2D eigenvalue weighted by Crippen LogP contribution is -2.24. The minimum absolute atomic E-state index is 0.0515. The molecule has 1 aliphatic rings. The minimum Gasteiger partial charge on any atom is -0.325 e. The molecule has 0 bridgehead atoms. The summed E-state index contributed by atoms with van der Waals surface area (Å²) in [5, 5.41) is 6.75. The Hall–Kier alpha value is -0.580. The van der Waals surface area contributed by atoms with E-state index < -0.39 is 0 Å². The number of rotatable bonds is 2. The Bertz CT molecular complexity index is 444. The fourth-order valence-corrected chi connectivity index (χ4v) is 2.58. The molecular weight excluding hydrogens is 304 g/mol. The Morgan fingerprint density at radius 2 is 2.35 bits per heavy atom. The number of hydrogen-bond donors (Lipinski definition) is 2. The molecule has 92 valence electrons. The van der Waals surface area contributed by atoms with Gasteiger partial charge in [-0.2, -0.15) is 0 Å². The van der Waals surface area contributed by atoms with Gasteiger partial charge in [-0.05, 0) is 53.5 Å². The summed E-state index contributed by atoms with van der Waals surface area (Å²) in [7, 11) is 0. The van der Waals surface area contributed by atoms with Crippen LogP contribution in [0.5, 0.6) is 0 Å². The average molecular weight is 318 g/mol. The summed E-state index contributed by atoms with van der Waals surface area (Å²) in [5.74, 6) is 0.109. The van der Waals surface area contributed by atoms with Gasteiger partial charge in [0.05, 0.1) is 11.6 Å². The number of anilines is 1. The van der Waals surface area contributed by atoms with Crippen LogP contribution in [0.1, 0.15) is 12.0 Å². The maximum atomic E-state index is 11.9. The topological polar surface area (TPSA) is 41.1 Å². The van der Waals surface area contributed by atoms with E-state index in [0.717, 1.165) is 35.2 Å². The molecule has 0 radical (unpaired) electrons. The van der Waals surface area contributed by atoms with Crippen LogP contribution >= 0.6 is 27.5 Å². The first-order valence-electron chi connectivity index (χ1n) is 5.55. The van der Waals surface area contributed by atoms with Gasteiger partial charge in [0, 0.05) is 16.0 Å². The van der Waals surface area contributed by atoms with Gasteiger partial charge in [-0.15, -0.1) is 0 Å². The molecule has 0 aromatic heterocycles. The number of amides is 1. The van der Waals surface area contributed by atoms with E-state index in [9.17, 15) is 4.79 Å². The largest absolute Gasteiger partial charge is 0.325 e. The summed E-state index contributed by atoms with van der Waals surface area (Å²) in [4.78, 5) is 11.9. The van der Waals surface area contributed by atoms with Crippen molar-refractivity contribution in [1.82, 2.24) is 5.32 Å². The number of nitrogens with one attached hydrogen (secondary N) is 2. The first kappa shape index (κ1) is 12.9. The van der Waals surface area contributed by atoms with Crippen molar-refractivity contribution in [3.05, 3.63) is 27.2 Å². The smallest absolute Gasteiger partial charge is 0.228 e. The summed E-state index contributed by atoms with van der Waals surface area (Å²) in [6.07, 6.45) is 0.892. The number of halogens is 2. The standard InChI is InChI=1S/C12H14BrClN2O/c1-7-4-9(13)11(5-10(7)14)16-12(17)8-2-3-15-6-8/h4-5,8,15H,2-3,6H2,1H3,(H,16,17). The molecule has 17 heavy (non-hydrogen) atoms. The van der Waals surface area contributed by atoms with Crippen LogP contribution in [-0.4, -0.2) is 19.0 Å². The Morgan fingerprint density at radius 3 is 3.00 bits per heavy atom. The lowest BCUT2D eigenvalue weighted by molar-refractivity contribution is -0.119. The number of carbonyl (C=O) groups excluding carboxylic acids is 1. The van der Waals surface area contributed by atoms with E-state index in [0.29, 0.717) is 5.02 Å². The highest BCUT2D eigenvalue weighted by molar-refractivity contribution is 9.10. The number of carbonyl (C=O) groups is 1. The predicted octanol–water partition coefficient (Wildman–Crippen LogP) is 2.96. The maximum Gasteiger partial charge on any atom is 0.228 e. The van der Waals surface area contributed by atoms with Crippen molar-refractivity contribution >= 4 is 39.1 Å². The van der Waals surface area contributed by atoms with Crippen molar-refractivity contribution in [3.8, 4) is 0 Å². The van der Waals surface area contributed by atoms with Gasteiger partial charge < -0.3 is 10.6 Å². The third kappa shape index (κ3) is 3.00. The van der Waals surface area contributed by atoms with E-state index in [4.69, 9.17) is 11.6 Å². The molecule has 1 aromatic rings. The Labute approximate surface area is 114 Å². The highest BCUT2D eigenvalue weighted by Crippen LogP contribution is 2.29. The first-order chi connectivity index (χ1) is 8.08. The lowest BCUT2D eigenvalue weighted by Gasteiger charge is -2.12. The molecule has 3 nitrogen and oxygen atoms in total. The zero-order chi connectivity index (χ0) is 12.4. The molecule has 1 unspecified atom stereocenters. The molecule has 0 saturated carbocycles. The molecule has 1 fully saturated rings. The molecular formula is C12H14BrClN2O. The van der Waals surface area contributed by atoms with Crippen molar-refractivity contribution in [1.29, 1.82) is 0 Å². The van der Waals surface area contributed by atoms with E-state index >= 15 is 0 Å². The number of benzene rings is 1. The Morgan fingerprint density at radius 1 is 1.59 bits per heavy atom. The quantitative estimate of drug-likeness (QED) is 0.880. The summed E-state index contributed by atoms with van der Waals surface area (Å²) >= 11 is 9.47.